The molecule has 0 saturated heterocycles. The molecule has 1 saturated carbocycles. The van der Waals surface area contributed by atoms with E-state index in [2.05, 4.69) is 11.4 Å². The molecular weight excluding hydrogens is 513 g/mol. The summed E-state index contributed by atoms with van der Waals surface area (Å²) in [5.41, 5.74) is -0.596. The van der Waals surface area contributed by atoms with Gasteiger partial charge in [-0.25, -0.2) is 9.18 Å². The molecule has 0 spiro atoms. The van der Waals surface area contributed by atoms with Crippen molar-refractivity contribution < 1.29 is 28.6 Å². The van der Waals surface area contributed by atoms with Gasteiger partial charge in [0, 0.05) is 55.3 Å². The minimum Gasteiger partial charge on any atom is -0.479 e. The number of carboxylic acid groups (broad SMARTS) is 1. The summed E-state index contributed by atoms with van der Waals surface area (Å²) in [7, 11) is 2.45. The number of ether oxygens (including phenoxy) is 2. The first-order valence-electron chi connectivity index (χ1n) is 12.8. The molecule has 8 nitrogen and oxygen atoms in total. The Bertz CT molecular complexity index is 1520. The minimum absolute atomic E-state index is 0.0770. The second-order valence-corrected chi connectivity index (χ2v) is 9.75. The number of para-hydroxylation sites is 1. The zero-order valence-corrected chi connectivity index (χ0v) is 22.1. The van der Waals surface area contributed by atoms with Gasteiger partial charge in [0.15, 0.2) is 6.23 Å². The number of benzene rings is 3. The summed E-state index contributed by atoms with van der Waals surface area (Å²) in [6, 6.07) is 21.5. The van der Waals surface area contributed by atoms with Gasteiger partial charge in [-0.2, -0.15) is 5.26 Å². The van der Waals surface area contributed by atoms with E-state index in [1.54, 1.807) is 35.2 Å². The van der Waals surface area contributed by atoms with Crippen LogP contribution in [0.1, 0.15) is 28.8 Å². The number of anilines is 2. The van der Waals surface area contributed by atoms with Gasteiger partial charge in [-0.15, -0.1) is 0 Å². The van der Waals surface area contributed by atoms with Crippen molar-refractivity contribution in [3.05, 3.63) is 95.4 Å². The maximum Gasteiger partial charge on any atom is 0.349 e. The van der Waals surface area contributed by atoms with E-state index in [0.717, 1.165) is 25.6 Å². The van der Waals surface area contributed by atoms with Gasteiger partial charge in [-0.1, -0.05) is 48.5 Å². The minimum atomic E-state index is -2.43. The number of carbonyl (C=O) groups is 2. The number of nitrogens with one attached hydrogen (secondary N) is 1. The van der Waals surface area contributed by atoms with E-state index in [4.69, 9.17) is 9.47 Å². The Kier molecular flexibility index (Phi) is 7.39. The molecule has 0 bridgehead atoms. The fourth-order valence-corrected chi connectivity index (χ4v) is 5.29. The molecule has 0 amide bonds. The first kappa shape index (κ1) is 27.1. The van der Waals surface area contributed by atoms with Crippen molar-refractivity contribution in [2.24, 2.45) is 0 Å². The number of fused-ring (bicyclic) bond motifs is 1. The van der Waals surface area contributed by atoms with E-state index in [9.17, 15) is 20.0 Å². The Morgan fingerprint density at radius 3 is 2.38 bits per heavy atom. The summed E-state index contributed by atoms with van der Waals surface area (Å²) in [4.78, 5) is 28.6. The Labute approximate surface area is 231 Å². The Hall–Kier alpha value is -4.52. The standard InChI is InChI=1S/C31H28FN3O5/c1-39-29-31(40-2,30(37)38)28(36)26-24(15-19(17-33)18-34-21-11-7-4-8-12-21)27(32)23(20-9-5-3-6-10-20)16-25(26)35(29)22-13-14-22/h3-12,16,18,22,29,34H,13-15H2,1-2H3,(H,37,38). The summed E-state index contributed by atoms with van der Waals surface area (Å²) in [6.45, 7) is 0. The number of hydrogen-bond acceptors (Lipinski definition) is 7. The third-order valence-corrected chi connectivity index (χ3v) is 7.37. The zero-order chi connectivity index (χ0) is 28.4. The Balaban J connectivity index is 1.75. The molecule has 2 atom stereocenters. The lowest BCUT2D eigenvalue weighted by molar-refractivity contribution is -0.171. The summed E-state index contributed by atoms with van der Waals surface area (Å²) in [6.07, 6.45) is 1.40. The number of rotatable bonds is 9. The molecule has 2 N–H and O–H groups in total. The van der Waals surface area contributed by atoms with Crippen LogP contribution in [0.4, 0.5) is 15.8 Å². The van der Waals surface area contributed by atoms with E-state index < -0.39 is 29.4 Å². The number of ketones is 1. The second-order valence-electron chi connectivity index (χ2n) is 9.75. The molecule has 2 unspecified atom stereocenters. The lowest BCUT2D eigenvalue weighted by Crippen LogP contribution is -2.67. The molecule has 1 aliphatic carbocycles. The van der Waals surface area contributed by atoms with Gasteiger partial charge in [0.2, 0.25) is 5.78 Å². The molecule has 40 heavy (non-hydrogen) atoms. The average Bonchev–Trinajstić information content (AvgIpc) is 3.82. The largest absolute Gasteiger partial charge is 0.479 e. The van der Waals surface area contributed by atoms with Crippen LogP contribution in [0.5, 0.6) is 0 Å². The molecule has 204 valence electrons. The number of aliphatic carboxylic acids is 1. The van der Waals surface area contributed by atoms with Crippen LogP contribution >= 0.6 is 0 Å². The molecule has 1 heterocycles. The van der Waals surface area contributed by atoms with E-state index in [-0.39, 0.29) is 34.7 Å². The maximum atomic E-state index is 16.5. The van der Waals surface area contributed by atoms with Crippen molar-refractivity contribution >= 4 is 23.1 Å². The van der Waals surface area contributed by atoms with E-state index >= 15 is 4.39 Å². The predicted octanol–water partition coefficient (Wildman–Crippen LogP) is 5.16. The number of nitrogens with zero attached hydrogens (tertiary/aromatic N) is 2. The van der Waals surface area contributed by atoms with Gasteiger partial charge in [-0.3, -0.25) is 4.79 Å². The maximum absolute atomic E-state index is 16.5. The summed E-state index contributed by atoms with van der Waals surface area (Å²) < 4.78 is 27.6. The van der Waals surface area contributed by atoms with Crippen LogP contribution in [0, 0.1) is 17.1 Å². The van der Waals surface area contributed by atoms with Crippen molar-refractivity contribution in [3.8, 4) is 17.2 Å². The van der Waals surface area contributed by atoms with Crippen molar-refractivity contribution in [2.45, 2.75) is 37.1 Å². The normalized spacial score (nSPS) is 20.6. The fourth-order valence-electron chi connectivity index (χ4n) is 5.29. The summed E-state index contributed by atoms with van der Waals surface area (Å²) in [5.74, 6) is -3.17. The molecular formula is C31H28FN3O5. The SMILES string of the molecule is COC1N(C2CC2)c2cc(-c3ccccc3)c(F)c(CC(C#N)=CNc3ccccc3)c2C(=O)C1(OC)C(=O)O. The quantitative estimate of drug-likeness (QED) is 0.282. The molecule has 0 radical (unpaired) electrons. The van der Waals surface area contributed by atoms with Crippen LogP contribution < -0.4 is 10.2 Å². The van der Waals surface area contributed by atoms with E-state index in [1.165, 1.54) is 13.3 Å². The number of allylic oxidation sites excluding steroid dienone is 1. The molecule has 3 aromatic rings. The van der Waals surface area contributed by atoms with Gasteiger partial charge in [0.1, 0.15) is 5.82 Å². The van der Waals surface area contributed by atoms with Crippen molar-refractivity contribution in [1.29, 1.82) is 5.26 Å². The zero-order valence-electron chi connectivity index (χ0n) is 22.1. The lowest BCUT2D eigenvalue weighted by atomic mass is 9.79. The third kappa shape index (κ3) is 4.51. The first-order chi connectivity index (χ1) is 19.4. The molecule has 2 aliphatic rings. The van der Waals surface area contributed by atoms with Gasteiger partial charge in [0.25, 0.3) is 5.60 Å². The van der Waals surface area contributed by atoms with Crippen LogP contribution in [0.3, 0.4) is 0 Å². The smallest absolute Gasteiger partial charge is 0.349 e. The number of halogens is 1. The average molecular weight is 542 g/mol. The highest BCUT2D eigenvalue weighted by molar-refractivity contribution is 6.21. The number of nitriles is 1. The summed E-state index contributed by atoms with van der Waals surface area (Å²) >= 11 is 0. The number of carbonyl (C=O) groups excluding carboxylic acids is 1. The Morgan fingerprint density at radius 1 is 1.18 bits per heavy atom. The summed E-state index contributed by atoms with van der Waals surface area (Å²) in [5, 5.41) is 23.3. The number of carboxylic acids is 1. The Morgan fingerprint density at radius 2 is 1.82 bits per heavy atom. The van der Waals surface area contributed by atoms with E-state index in [1.807, 2.05) is 36.4 Å². The highest BCUT2D eigenvalue weighted by Crippen LogP contribution is 2.48. The highest BCUT2D eigenvalue weighted by atomic mass is 19.1. The van der Waals surface area contributed by atoms with Crippen molar-refractivity contribution in [2.75, 3.05) is 24.4 Å². The third-order valence-electron chi connectivity index (χ3n) is 7.37. The van der Waals surface area contributed by atoms with Gasteiger partial charge in [-0.05, 0) is 36.6 Å². The van der Waals surface area contributed by atoms with Gasteiger partial charge < -0.3 is 24.8 Å². The van der Waals surface area contributed by atoms with Crippen LogP contribution in [0.15, 0.2) is 78.5 Å². The molecule has 5 rings (SSSR count). The topological polar surface area (TPSA) is 112 Å². The number of Topliss-reactive ketones (excluding diaryl/α,β-unsaturated/α-hetero) is 1. The van der Waals surface area contributed by atoms with Gasteiger partial charge >= 0.3 is 5.97 Å². The molecule has 1 aliphatic heterocycles. The molecule has 1 fully saturated rings. The highest BCUT2D eigenvalue weighted by Gasteiger charge is 2.63. The van der Waals surface area contributed by atoms with Gasteiger partial charge in [0.05, 0.1) is 17.3 Å². The van der Waals surface area contributed by atoms with Crippen molar-refractivity contribution in [3.63, 3.8) is 0 Å². The lowest BCUT2D eigenvalue weighted by Gasteiger charge is -2.46. The predicted molar refractivity (Wildman–Crippen MR) is 147 cm³/mol. The van der Waals surface area contributed by atoms with Crippen LogP contribution in [0.2, 0.25) is 0 Å². The monoisotopic (exact) mass is 541 g/mol. The molecule has 3 aromatic carbocycles. The van der Waals surface area contributed by atoms with Crippen LogP contribution in [-0.2, 0) is 20.7 Å². The molecule has 0 aromatic heterocycles. The molecule has 9 heteroatoms. The second kappa shape index (κ2) is 10.9. The fraction of sp³-hybridized carbons (Fsp3) is 0.258. The van der Waals surface area contributed by atoms with Crippen molar-refractivity contribution in [1.82, 2.24) is 0 Å². The van der Waals surface area contributed by atoms with Crippen LogP contribution in [-0.4, -0.2) is 48.9 Å². The first-order valence-corrected chi connectivity index (χ1v) is 12.8. The van der Waals surface area contributed by atoms with Crippen LogP contribution in [0.25, 0.3) is 11.1 Å². The number of methoxy groups -OCH3 is 2. The van der Waals surface area contributed by atoms with E-state index in [0.29, 0.717) is 11.3 Å². The number of hydrogen-bond donors (Lipinski definition) is 2.